The van der Waals surface area contributed by atoms with Gasteiger partial charge in [0.05, 0.1) is 4.90 Å². The average Bonchev–Trinajstić information content (AvgIpc) is 3.02. The number of nitrogens with zero attached hydrogens (tertiary/aromatic N) is 3. The Labute approximate surface area is 143 Å². The first-order chi connectivity index (χ1) is 11.3. The van der Waals surface area contributed by atoms with E-state index in [0.717, 1.165) is 0 Å². The predicted molar refractivity (Wildman–Crippen MR) is 92.0 cm³/mol. The van der Waals surface area contributed by atoms with Crippen molar-refractivity contribution in [3.8, 4) is 11.5 Å². The second kappa shape index (κ2) is 7.42. The molecule has 0 amide bonds. The lowest BCUT2D eigenvalue weighted by atomic mass is 10.2. The van der Waals surface area contributed by atoms with Crippen LogP contribution in [0.15, 0.2) is 33.7 Å². The molecule has 0 aliphatic carbocycles. The first-order valence-electron chi connectivity index (χ1n) is 7.84. The summed E-state index contributed by atoms with van der Waals surface area (Å²) in [5.41, 5.74) is 0.587. The molecule has 2 aromatic rings. The highest BCUT2D eigenvalue weighted by molar-refractivity contribution is 7.89. The van der Waals surface area contributed by atoms with Gasteiger partial charge in [0, 0.05) is 31.1 Å². The molecule has 0 bridgehead atoms. The van der Waals surface area contributed by atoms with Gasteiger partial charge in [-0.2, -0.15) is 9.29 Å². The number of nitrogens with one attached hydrogen (secondary N) is 1. The van der Waals surface area contributed by atoms with Gasteiger partial charge in [0.2, 0.25) is 10.0 Å². The van der Waals surface area contributed by atoms with Gasteiger partial charge in [-0.05, 0) is 46.0 Å². The second-order valence-electron chi connectivity index (χ2n) is 6.05. The number of likely N-dealkylation sites (N-methyl/N-ethyl adjacent to an activating group) is 1. The van der Waals surface area contributed by atoms with E-state index in [-0.39, 0.29) is 17.0 Å². The largest absolute Gasteiger partial charge is 0.334 e. The van der Waals surface area contributed by atoms with Crippen molar-refractivity contribution in [2.24, 2.45) is 0 Å². The Kier molecular flexibility index (Phi) is 5.74. The third-order valence-corrected chi connectivity index (χ3v) is 5.96. The van der Waals surface area contributed by atoms with Crippen molar-refractivity contribution in [2.45, 2.75) is 44.2 Å². The van der Waals surface area contributed by atoms with E-state index in [4.69, 9.17) is 4.52 Å². The molecule has 0 saturated carbocycles. The van der Waals surface area contributed by atoms with Crippen LogP contribution in [0.4, 0.5) is 0 Å². The molecular formula is C16H24N4O3S. The van der Waals surface area contributed by atoms with E-state index < -0.39 is 10.0 Å². The van der Waals surface area contributed by atoms with Gasteiger partial charge in [-0.1, -0.05) is 11.2 Å². The first kappa shape index (κ1) is 18.6. The van der Waals surface area contributed by atoms with Crippen molar-refractivity contribution in [2.75, 3.05) is 14.1 Å². The summed E-state index contributed by atoms with van der Waals surface area (Å²) < 4.78 is 31.8. The number of sulfonamides is 1. The molecule has 132 valence electrons. The topological polar surface area (TPSA) is 88.3 Å². The summed E-state index contributed by atoms with van der Waals surface area (Å²) in [6.45, 7) is 5.67. The van der Waals surface area contributed by atoms with Crippen LogP contribution in [0.1, 0.15) is 26.6 Å². The SMILES string of the molecule is CNC(C)Cc1noc(-c2cccc(S(=O)(=O)N(C)C(C)C)c2)n1. The molecule has 0 fully saturated rings. The monoisotopic (exact) mass is 352 g/mol. The predicted octanol–water partition coefficient (Wildman–Crippen LogP) is 1.92. The highest BCUT2D eigenvalue weighted by Gasteiger charge is 2.24. The van der Waals surface area contributed by atoms with Gasteiger partial charge in [-0.3, -0.25) is 0 Å². The van der Waals surface area contributed by atoms with Crippen LogP contribution in [0, 0.1) is 0 Å². The van der Waals surface area contributed by atoms with Crippen molar-refractivity contribution in [3.63, 3.8) is 0 Å². The molecule has 1 unspecified atom stereocenters. The van der Waals surface area contributed by atoms with E-state index in [1.54, 1.807) is 31.3 Å². The van der Waals surface area contributed by atoms with Crippen LogP contribution >= 0.6 is 0 Å². The summed E-state index contributed by atoms with van der Waals surface area (Å²) in [7, 11) is -0.119. The molecule has 7 nitrogen and oxygen atoms in total. The average molecular weight is 352 g/mol. The van der Waals surface area contributed by atoms with Gasteiger partial charge in [-0.25, -0.2) is 8.42 Å². The van der Waals surface area contributed by atoms with Crippen LogP contribution < -0.4 is 5.32 Å². The van der Waals surface area contributed by atoms with E-state index in [0.29, 0.717) is 23.7 Å². The molecule has 2 rings (SSSR count). The summed E-state index contributed by atoms with van der Waals surface area (Å²) in [4.78, 5) is 4.55. The van der Waals surface area contributed by atoms with E-state index >= 15 is 0 Å². The lowest BCUT2D eigenvalue weighted by Crippen LogP contribution is -2.33. The summed E-state index contributed by atoms with van der Waals surface area (Å²) in [6, 6.07) is 6.66. The fourth-order valence-corrected chi connectivity index (χ4v) is 3.48. The minimum atomic E-state index is -3.55. The van der Waals surface area contributed by atoms with Crippen molar-refractivity contribution in [1.82, 2.24) is 19.8 Å². The second-order valence-corrected chi connectivity index (χ2v) is 8.05. The zero-order valence-electron chi connectivity index (χ0n) is 14.6. The molecule has 24 heavy (non-hydrogen) atoms. The summed E-state index contributed by atoms with van der Waals surface area (Å²) in [6.07, 6.45) is 0.633. The molecule has 0 spiro atoms. The summed E-state index contributed by atoms with van der Waals surface area (Å²) >= 11 is 0. The van der Waals surface area contributed by atoms with Crippen LogP contribution in [0.25, 0.3) is 11.5 Å². The van der Waals surface area contributed by atoms with Gasteiger partial charge in [0.15, 0.2) is 5.82 Å². The van der Waals surface area contributed by atoms with E-state index in [9.17, 15) is 8.42 Å². The minimum Gasteiger partial charge on any atom is -0.334 e. The fraction of sp³-hybridized carbons (Fsp3) is 0.500. The molecule has 1 N–H and O–H groups in total. The molecule has 0 saturated heterocycles. The van der Waals surface area contributed by atoms with Gasteiger partial charge >= 0.3 is 0 Å². The van der Waals surface area contributed by atoms with E-state index in [1.807, 2.05) is 27.8 Å². The minimum absolute atomic E-state index is 0.128. The zero-order chi connectivity index (χ0) is 17.9. The van der Waals surface area contributed by atoms with Crippen LogP contribution in [-0.2, 0) is 16.4 Å². The van der Waals surface area contributed by atoms with Crippen molar-refractivity contribution < 1.29 is 12.9 Å². The fourth-order valence-electron chi connectivity index (χ4n) is 2.06. The van der Waals surface area contributed by atoms with Crippen LogP contribution in [0.3, 0.4) is 0 Å². The molecule has 0 aliphatic rings. The van der Waals surface area contributed by atoms with Crippen LogP contribution in [0.5, 0.6) is 0 Å². The quantitative estimate of drug-likeness (QED) is 0.819. The highest BCUT2D eigenvalue weighted by atomic mass is 32.2. The van der Waals surface area contributed by atoms with Gasteiger partial charge in [0.1, 0.15) is 0 Å². The zero-order valence-corrected chi connectivity index (χ0v) is 15.5. The molecule has 1 atom stereocenters. The summed E-state index contributed by atoms with van der Waals surface area (Å²) in [5.74, 6) is 0.900. The highest BCUT2D eigenvalue weighted by Crippen LogP contribution is 2.23. The Morgan fingerprint density at radius 1 is 1.29 bits per heavy atom. The third-order valence-electron chi connectivity index (χ3n) is 3.93. The number of rotatable bonds is 7. The number of hydrogen-bond donors (Lipinski definition) is 1. The van der Waals surface area contributed by atoms with Crippen molar-refractivity contribution in [1.29, 1.82) is 0 Å². The van der Waals surface area contributed by atoms with Gasteiger partial charge in [-0.15, -0.1) is 0 Å². The molecule has 1 aromatic carbocycles. The smallest absolute Gasteiger partial charge is 0.257 e. The molecular weight excluding hydrogens is 328 g/mol. The maximum absolute atomic E-state index is 12.6. The molecule has 8 heteroatoms. The normalized spacial score (nSPS) is 13.6. The Morgan fingerprint density at radius 3 is 2.62 bits per heavy atom. The lowest BCUT2D eigenvalue weighted by molar-refractivity contribution is 0.410. The Hall–Kier alpha value is -1.77. The summed E-state index contributed by atoms with van der Waals surface area (Å²) in [5, 5.41) is 7.06. The Bertz CT molecular complexity index is 786. The van der Waals surface area contributed by atoms with Crippen LogP contribution in [-0.4, -0.2) is 49.0 Å². The van der Waals surface area contributed by atoms with Gasteiger partial charge in [0.25, 0.3) is 5.89 Å². The molecule has 1 aromatic heterocycles. The molecule has 1 heterocycles. The lowest BCUT2D eigenvalue weighted by Gasteiger charge is -2.21. The first-order valence-corrected chi connectivity index (χ1v) is 9.28. The maximum atomic E-state index is 12.6. The molecule has 0 radical (unpaired) electrons. The third kappa shape index (κ3) is 4.00. The Morgan fingerprint density at radius 2 is 2.00 bits per heavy atom. The van der Waals surface area contributed by atoms with Crippen molar-refractivity contribution in [3.05, 3.63) is 30.1 Å². The molecule has 0 aliphatic heterocycles. The standard InChI is InChI=1S/C16H24N4O3S/c1-11(2)20(5)24(21,22)14-8-6-7-13(10-14)16-18-15(19-23-16)9-12(3)17-4/h6-8,10-12,17H,9H2,1-5H3. The Balaban J connectivity index is 2.31. The van der Waals surface area contributed by atoms with E-state index in [1.165, 1.54) is 4.31 Å². The number of benzene rings is 1. The number of aromatic nitrogens is 2. The maximum Gasteiger partial charge on any atom is 0.257 e. The van der Waals surface area contributed by atoms with Gasteiger partial charge < -0.3 is 9.84 Å². The number of hydrogen-bond acceptors (Lipinski definition) is 6. The van der Waals surface area contributed by atoms with E-state index in [2.05, 4.69) is 15.5 Å². The van der Waals surface area contributed by atoms with Crippen molar-refractivity contribution >= 4 is 10.0 Å². The van der Waals surface area contributed by atoms with Crippen LogP contribution in [0.2, 0.25) is 0 Å².